The van der Waals surface area contributed by atoms with Gasteiger partial charge in [0.25, 0.3) is 0 Å². The predicted octanol–water partition coefficient (Wildman–Crippen LogP) is 2.37. The van der Waals surface area contributed by atoms with Crippen LogP contribution in [0, 0.1) is 5.92 Å². The maximum atomic E-state index is 11.5. The second kappa shape index (κ2) is 8.52. The van der Waals surface area contributed by atoms with Gasteiger partial charge in [-0.15, -0.1) is 12.4 Å². The van der Waals surface area contributed by atoms with Crippen molar-refractivity contribution in [1.29, 1.82) is 0 Å². The Morgan fingerprint density at radius 1 is 1.31 bits per heavy atom. The Morgan fingerprint density at radius 3 is 2.15 bits per heavy atom. The lowest BCUT2D eigenvalue weighted by Gasteiger charge is -2.17. The molecule has 0 saturated heterocycles. The van der Waals surface area contributed by atoms with Gasteiger partial charge in [0.05, 0.1) is 0 Å². The van der Waals surface area contributed by atoms with Crippen molar-refractivity contribution >= 4 is 18.2 Å². The van der Waals surface area contributed by atoms with Crippen LogP contribution in [0.2, 0.25) is 0 Å². The second-order valence-corrected chi connectivity index (χ2v) is 3.58. The lowest BCUT2D eigenvalue weighted by Crippen LogP contribution is -2.27. The van der Waals surface area contributed by atoms with Gasteiger partial charge in [0.2, 0.25) is 0 Å². The molecule has 0 aromatic carbocycles. The third kappa shape index (κ3) is 7.03. The van der Waals surface area contributed by atoms with E-state index >= 15 is 0 Å². The minimum absolute atomic E-state index is 0. The van der Waals surface area contributed by atoms with Crippen LogP contribution in [-0.2, 0) is 4.79 Å². The number of carbonyl (C=O) groups excluding carboxylic acids is 1. The number of hydrogen-bond donors (Lipinski definition) is 0. The topological polar surface area (TPSA) is 20.3 Å². The zero-order valence-electron chi connectivity index (χ0n) is 9.17. The first kappa shape index (κ1) is 15.4. The van der Waals surface area contributed by atoms with E-state index in [1.54, 1.807) is 0 Å². The van der Waals surface area contributed by atoms with Gasteiger partial charge in [0.15, 0.2) is 0 Å². The molecule has 0 rings (SSSR count). The highest BCUT2D eigenvalue weighted by molar-refractivity contribution is 5.85. The molecule has 13 heavy (non-hydrogen) atoms. The summed E-state index contributed by atoms with van der Waals surface area (Å²) in [7, 11) is 4.03. The molecule has 0 N–H and O–H groups in total. The first-order valence-corrected chi connectivity index (χ1v) is 4.79. The molecule has 80 valence electrons. The molecule has 0 radical (unpaired) electrons. The fourth-order valence-electron chi connectivity index (χ4n) is 1.35. The Morgan fingerprint density at radius 2 is 1.85 bits per heavy atom. The van der Waals surface area contributed by atoms with Crippen molar-refractivity contribution in [1.82, 2.24) is 4.90 Å². The van der Waals surface area contributed by atoms with E-state index in [-0.39, 0.29) is 18.3 Å². The van der Waals surface area contributed by atoms with Crippen LogP contribution in [0.5, 0.6) is 0 Å². The molecule has 0 fully saturated rings. The molecule has 2 nitrogen and oxygen atoms in total. The van der Waals surface area contributed by atoms with Crippen LogP contribution in [0.1, 0.15) is 33.1 Å². The molecule has 0 spiro atoms. The van der Waals surface area contributed by atoms with Crippen LogP contribution >= 0.6 is 12.4 Å². The number of ketones is 1. The van der Waals surface area contributed by atoms with Crippen LogP contribution in [-0.4, -0.2) is 31.3 Å². The Hall–Kier alpha value is -0.0800. The van der Waals surface area contributed by atoms with Crippen LogP contribution < -0.4 is 0 Å². The standard InChI is InChI=1S/C10H21NO.ClH/c1-5-7-10(12)9(6-2)8-11(3)4;/h9H,5-8H2,1-4H3;1H. The zero-order chi connectivity index (χ0) is 9.56. The Kier molecular flexibility index (Phi) is 10.1. The Balaban J connectivity index is 0. The largest absolute Gasteiger partial charge is 0.309 e. The average molecular weight is 208 g/mol. The Labute approximate surface area is 88.1 Å². The van der Waals surface area contributed by atoms with Gasteiger partial charge in [-0.1, -0.05) is 13.8 Å². The molecule has 0 aromatic rings. The summed E-state index contributed by atoms with van der Waals surface area (Å²) in [6, 6.07) is 0. The summed E-state index contributed by atoms with van der Waals surface area (Å²) in [4.78, 5) is 13.6. The molecule has 0 bridgehead atoms. The number of hydrogen-bond acceptors (Lipinski definition) is 2. The normalized spacial score (nSPS) is 12.4. The molecule has 1 atom stereocenters. The zero-order valence-corrected chi connectivity index (χ0v) is 9.99. The smallest absolute Gasteiger partial charge is 0.137 e. The number of halogens is 1. The molecule has 3 heteroatoms. The quantitative estimate of drug-likeness (QED) is 0.667. The van der Waals surface area contributed by atoms with Gasteiger partial charge in [-0.2, -0.15) is 0 Å². The van der Waals surface area contributed by atoms with Crippen molar-refractivity contribution in [3.05, 3.63) is 0 Å². The lowest BCUT2D eigenvalue weighted by molar-refractivity contribution is -0.123. The average Bonchev–Trinajstić information content (AvgIpc) is 2.00. The van der Waals surface area contributed by atoms with Gasteiger partial charge < -0.3 is 4.90 Å². The number of carbonyl (C=O) groups is 1. The van der Waals surface area contributed by atoms with E-state index in [0.717, 1.165) is 25.8 Å². The van der Waals surface area contributed by atoms with E-state index in [1.807, 2.05) is 14.1 Å². The Bertz CT molecular complexity index is 137. The molecule has 0 aromatic heterocycles. The van der Waals surface area contributed by atoms with Crippen molar-refractivity contribution in [3.63, 3.8) is 0 Å². The van der Waals surface area contributed by atoms with E-state index in [2.05, 4.69) is 18.7 Å². The fraction of sp³-hybridized carbons (Fsp3) is 0.900. The molecule has 1 unspecified atom stereocenters. The summed E-state index contributed by atoms with van der Waals surface area (Å²) in [5.41, 5.74) is 0. The summed E-state index contributed by atoms with van der Waals surface area (Å²) in [6.07, 6.45) is 2.69. The van der Waals surface area contributed by atoms with Crippen LogP contribution in [0.25, 0.3) is 0 Å². The van der Waals surface area contributed by atoms with E-state index < -0.39 is 0 Å². The molecule has 0 aliphatic rings. The fourth-order valence-corrected chi connectivity index (χ4v) is 1.35. The van der Waals surface area contributed by atoms with Crippen molar-refractivity contribution in [2.75, 3.05) is 20.6 Å². The highest BCUT2D eigenvalue weighted by atomic mass is 35.5. The predicted molar refractivity (Wildman–Crippen MR) is 59.5 cm³/mol. The number of Topliss-reactive ketones (excluding diaryl/α,β-unsaturated/α-hetero) is 1. The third-order valence-corrected chi connectivity index (χ3v) is 2.03. The highest BCUT2D eigenvalue weighted by Crippen LogP contribution is 2.08. The van der Waals surface area contributed by atoms with E-state index in [4.69, 9.17) is 0 Å². The SMILES string of the molecule is CCCC(=O)C(CC)CN(C)C.Cl. The minimum Gasteiger partial charge on any atom is -0.309 e. The lowest BCUT2D eigenvalue weighted by atomic mass is 9.97. The second-order valence-electron chi connectivity index (χ2n) is 3.58. The molecule has 0 aliphatic heterocycles. The number of rotatable bonds is 6. The van der Waals surface area contributed by atoms with Crippen molar-refractivity contribution in [3.8, 4) is 0 Å². The van der Waals surface area contributed by atoms with E-state index in [0.29, 0.717) is 5.78 Å². The van der Waals surface area contributed by atoms with Crippen molar-refractivity contribution in [2.24, 2.45) is 5.92 Å². The molecule has 0 amide bonds. The monoisotopic (exact) mass is 207 g/mol. The van der Waals surface area contributed by atoms with Crippen molar-refractivity contribution < 1.29 is 4.79 Å². The van der Waals surface area contributed by atoms with Gasteiger partial charge in [-0.05, 0) is 26.9 Å². The van der Waals surface area contributed by atoms with Gasteiger partial charge in [0, 0.05) is 18.9 Å². The van der Waals surface area contributed by atoms with Crippen molar-refractivity contribution in [2.45, 2.75) is 33.1 Å². The van der Waals surface area contributed by atoms with E-state index in [9.17, 15) is 4.79 Å². The molecular weight excluding hydrogens is 186 g/mol. The van der Waals surface area contributed by atoms with E-state index in [1.165, 1.54) is 0 Å². The maximum absolute atomic E-state index is 11.5. The van der Waals surface area contributed by atoms with Gasteiger partial charge in [-0.25, -0.2) is 0 Å². The van der Waals surface area contributed by atoms with Crippen LogP contribution in [0.4, 0.5) is 0 Å². The summed E-state index contributed by atoms with van der Waals surface area (Å²) in [5, 5.41) is 0. The van der Waals surface area contributed by atoms with Gasteiger partial charge >= 0.3 is 0 Å². The molecule has 0 heterocycles. The summed E-state index contributed by atoms with van der Waals surface area (Å²) >= 11 is 0. The highest BCUT2D eigenvalue weighted by Gasteiger charge is 2.15. The third-order valence-electron chi connectivity index (χ3n) is 2.03. The molecule has 0 aliphatic carbocycles. The summed E-state index contributed by atoms with van der Waals surface area (Å²) < 4.78 is 0. The van der Waals surface area contributed by atoms with Gasteiger partial charge in [-0.3, -0.25) is 4.79 Å². The van der Waals surface area contributed by atoms with Crippen LogP contribution in [0.3, 0.4) is 0 Å². The first-order valence-electron chi connectivity index (χ1n) is 4.79. The minimum atomic E-state index is 0. The summed E-state index contributed by atoms with van der Waals surface area (Å²) in [6.45, 7) is 5.04. The molecule has 0 saturated carbocycles. The first-order chi connectivity index (χ1) is 5.61. The molecular formula is C10H22ClNO. The van der Waals surface area contributed by atoms with Gasteiger partial charge in [0.1, 0.15) is 5.78 Å². The van der Waals surface area contributed by atoms with Crippen LogP contribution in [0.15, 0.2) is 0 Å². The number of nitrogens with zero attached hydrogens (tertiary/aromatic N) is 1. The summed E-state index contributed by atoms with van der Waals surface area (Å²) in [5.74, 6) is 0.675. The maximum Gasteiger partial charge on any atom is 0.137 e.